The van der Waals surface area contributed by atoms with Crippen LogP contribution in [0.4, 0.5) is 5.82 Å². The topological polar surface area (TPSA) is 66.0 Å². The van der Waals surface area contributed by atoms with Crippen molar-refractivity contribution in [3.8, 4) is 5.75 Å². The third kappa shape index (κ3) is 2.30. The molecule has 0 atom stereocenters. The number of nitrogen functional groups attached to an aromatic ring is 1. The summed E-state index contributed by atoms with van der Waals surface area (Å²) >= 11 is 0. The van der Waals surface area contributed by atoms with Crippen molar-refractivity contribution in [2.75, 3.05) is 12.8 Å². The number of ether oxygens (including phenoxy) is 1. The second kappa shape index (κ2) is 5.08. The van der Waals surface area contributed by atoms with Crippen LogP contribution in [0.2, 0.25) is 0 Å². The Morgan fingerprint density at radius 1 is 1.44 bits per heavy atom. The van der Waals surface area contributed by atoms with Gasteiger partial charge in [0.1, 0.15) is 5.82 Å². The number of anilines is 1. The average molecular weight is 246 g/mol. The highest BCUT2D eigenvalue weighted by Gasteiger charge is 2.15. The Kier molecular flexibility index (Phi) is 3.50. The molecule has 5 nitrogen and oxygen atoms in total. The van der Waals surface area contributed by atoms with E-state index in [2.05, 4.69) is 23.9 Å². The van der Waals surface area contributed by atoms with Crippen molar-refractivity contribution in [2.24, 2.45) is 0 Å². The summed E-state index contributed by atoms with van der Waals surface area (Å²) in [6.07, 6.45) is 4.10. The molecule has 0 aliphatic heterocycles. The molecule has 0 aromatic carbocycles. The highest BCUT2D eigenvalue weighted by atomic mass is 16.5. The quantitative estimate of drug-likeness (QED) is 0.896. The van der Waals surface area contributed by atoms with Gasteiger partial charge in [0, 0.05) is 24.2 Å². The van der Waals surface area contributed by atoms with Crippen molar-refractivity contribution in [3.63, 3.8) is 0 Å². The van der Waals surface area contributed by atoms with Crippen LogP contribution < -0.4 is 10.5 Å². The number of aromatic nitrogens is 3. The zero-order chi connectivity index (χ0) is 13.1. The number of hydrogen-bond acceptors (Lipinski definition) is 4. The lowest BCUT2D eigenvalue weighted by atomic mass is 10.1. The molecule has 0 fully saturated rings. The third-order valence-electron chi connectivity index (χ3n) is 2.85. The van der Waals surface area contributed by atoms with Crippen LogP contribution in [0, 0.1) is 0 Å². The number of rotatable bonds is 4. The molecule has 0 saturated heterocycles. The molecule has 0 amide bonds. The molecule has 0 saturated carbocycles. The Labute approximate surface area is 107 Å². The standard InChI is InChI=1S/C13H18N4O/c1-9(2)17-11(12(18-3)8-16-17)7-10-5-4-6-15-13(10)14/h4-6,8-9H,7H2,1-3H3,(H2,14,15). The molecule has 2 heterocycles. The van der Waals surface area contributed by atoms with E-state index in [9.17, 15) is 0 Å². The second-order valence-electron chi connectivity index (χ2n) is 4.42. The molecular formula is C13H18N4O. The summed E-state index contributed by atoms with van der Waals surface area (Å²) in [7, 11) is 1.65. The molecule has 0 aliphatic rings. The monoisotopic (exact) mass is 246 g/mol. The lowest BCUT2D eigenvalue weighted by Gasteiger charge is -2.12. The summed E-state index contributed by atoms with van der Waals surface area (Å²) in [6.45, 7) is 4.17. The Balaban J connectivity index is 2.39. The van der Waals surface area contributed by atoms with E-state index >= 15 is 0 Å². The summed E-state index contributed by atoms with van der Waals surface area (Å²) in [5.41, 5.74) is 7.88. The Morgan fingerprint density at radius 3 is 2.83 bits per heavy atom. The van der Waals surface area contributed by atoms with Crippen LogP contribution in [0.5, 0.6) is 5.75 Å². The minimum Gasteiger partial charge on any atom is -0.493 e. The van der Waals surface area contributed by atoms with Gasteiger partial charge in [0.15, 0.2) is 5.75 Å². The lowest BCUT2D eigenvalue weighted by molar-refractivity contribution is 0.406. The van der Waals surface area contributed by atoms with Gasteiger partial charge in [0.25, 0.3) is 0 Å². The van der Waals surface area contributed by atoms with Crippen molar-refractivity contribution in [3.05, 3.63) is 35.8 Å². The predicted molar refractivity (Wildman–Crippen MR) is 70.6 cm³/mol. The van der Waals surface area contributed by atoms with E-state index < -0.39 is 0 Å². The Morgan fingerprint density at radius 2 is 2.22 bits per heavy atom. The zero-order valence-electron chi connectivity index (χ0n) is 10.9. The molecule has 0 radical (unpaired) electrons. The molecule has 5 heteroatoms. The molecule has 18 heavy (non-hydrogen) atoms. The molecule has 0 spiro atoms. The maximum Gasteiger partial charge on any atom is 0.160 e. The number of methoxy groups -OCH3 is 1. The van der Waals surface area contributed by atoms with Gasteiger partial charge < -0.3 is 10.5 Å². The SMILES string of the molecule is COc1cnn(C(C)C)c1Cc1cccnc1N. The van der Waals surface area contributed by atoms with E-state index in [4.69, 9.17) is 10.5 Å². The second-order valence-corrected chi connectivity index (χ2v) is 4.42. The van der Waals surface area contributed by atoms with Gasteiger partial charge >= 0.3 is 0 Å². The first-order valence-electron chi connectivity index (χ1n) is 5.93. The number of nitrogens with zero attached hydrogens (tertiary/aromatic N) is 3. The van der Waals surface area contributed by atoms with Gasteiger partial charge in [0.2, 0.25) is 0 Å². The fraction of sp³-hybridized carbons (Fsp3) is 0.385. The number of nitrogens with two attached hydrogens (primary N) is 1. The van der Waals surface area contributed by atoms with Crippen molar-refractivity contribution in [1.82, 2.24) is 14.8 Å². The molecular weight excluding hydrogens is 228 g/mol. The van der Waals surface area contributed by atoms with Crippen LogP contribution in [-0.4, -0.2) is 21.9 Å². The number of hydrogen-bond donors (Lipinski definition) is 1. The predicted octanol–water partition coefficient (Wildman–Crippen LogP) is 2.04. The Hall–Kier alpha value is -2.04. The summed E-state index contributed by atoms with van der Waals surface area (Å²) < 4.78 is 7.29. The number of pyridine rings is 1. The van der Waals surface area contributed by atoms with Gasteiger partial charge in [-0.25, -0.2) is 4.98 Å². The fourth-order valence-electron chi connectivity index (χ4n) is 1.94. The smallest absolute Gasteiger partial charge is 0.160 e. The molecule has 2 N–H and O–H groups in total. The van der Waals surface area contributed by atoms with Crippen LogP contribution in [0.1, 0.15) is 31.1 Å². The normalized spacial score (nSPS) is 10.9. The molecule has 96 valence electrons. The van der Waals surface area contributed by atoms with Gasteiger partial charge in [0.05, 0.1) is 19.0 Å². The van der Waals surface area contributed by atoms with Gasteiger partial charge in [-0.05, 0) is 19.9 Å². The van der Waals surface area contributed by atoms with Gasteiger partial charge in [-0.2, -0.15) is 5.10 Å². The summed E-state index contributed by atoms with van der Waals surface area (Å²) in [4.78, 5) is 4.10. The fourth-order valence-corrected chi connectivity index (χ4v) is 1.94. The molecule has 0 bridgehead atoms. The van der Waals surface area contributed by atoms with E-state index in [0.717, 1.165) is 17.0 Å². The van der Waals surface area contributed by atoms with Crippen LogP contribution >= 0.6 is 0 Å². The van der Waals surface area contributed by atoms with Crippen LogP contribution in [0.25, 0.3) is 0 Å². The van der Waals surface area contributed by atoms with Crippen molar-refractivity contribution in [1.29, 1.82) is 0 Å². The minimum absolute atomic E-state index is 0.279. The third-order valence-corrected chi connectivity index (χ3v) is 2.85. The summed E-state index contributed by atoms with van der Waals surface area (Å²) in [5.74, 6) is 1.34. The average Bonchev–Trinajstić information content (AvgIpc) is 2.75. The van der Waals surface area contributed by atoms with Crippen LogP contribution in [0.15, 0.2) is 24.5 Å². The molecule has 2 aromatic heterocycles. The van der Waals surface area contributed by atoms with Crippen molar-refractivity contribution < 1.29 is 4.74 Å². The molecule has 0 unspecified atom stereocenters. The molecule has 2 rings (SSSR count). The lowest BCUT2D eigenvalue weighted by Crippen LogP contribution is -2.09. The molecule has 2 aromatic rings. The first kappa shape index (κ1) is 12.4. The summed E-state index contributed by atoms with van der Waals surface area (Å²) in [5, 5.41) is 4.34. The largest absolute Gasteiger partial charge is 0.493 e. The maximum absolute atomic E-state index is 5.87. The van der Waals surface area contributed by atoms with Gasteiger partial charge in [-0.15, -0.1) is 0 Å². The van der Waals surface area contributed by atoms with E-state index in [1.807, 2.05) is 16.8 Å². The maximum atomic E-state index is 5.87. The van der Waals surface area contributed by atoms with Gasteiger partial charge in [-0.1, -0.05) is 6.07 Å². The minimum atomic E-state index is 0.279. The molecule has 0 aliphatic carbocycles. The zero-order valence-corrected chi connectivity index (χ0v) is 10.9. The van der Waals surface area contributed by atoms with E-state index in [1.165, 1.54) is 0 Å². The highest BCUT2D eigenvalue weighted by Crippen LogP contribution is 2.25. The van der Waals surface area contributed by atoms with Gasteiger partial charge in [-0.3, -0.25) is 4.68 Å². The van der Waals surface area contributed by atoms with Crippen LogP contribution in [0.3, 0.4) is 0 Å². The summed E-state index contributed by atoms with van der Waals surface area (Å²) in [6, 6.07) is 4.13. The first-order valence-corrected chi connectivity index (χ1v) is 5.93. The van der Waals surface area contributed by atoms with Crippen LogP contribution in [-0.2, 0) is 6.42 Å². The van der Waals surface area contributed by atoms with E-state index in [-0.39, 0.29) is 6.04 Å². The van der Waals surface area contributed by atoms with E-state index in [0.29, 0.717) is 12.2 Å². The Bertz CT molecular complexity index is 534. The van der Waals surface area contributed by atoms with Crippen molar-refractivity contribution in [2.45, 2.75) is 26.3 Å². The highest BCUT2D eigenvalue weighted by molar-refractivity contribution is 5.43. The van der Waals surface area contributed by atoms with Crippen molar-refractivity contribution >= 4 is 5.82 Å². The first-order chi connectivity index (χ1) is 8.63. The van der Waals surface area contributed by atoms with E-state index in [1.54, 1.807) is 19.5 Å².